The molecule has 1 aliphatic carbocycles. The fourth-order valence-corrected chi connectivity index (χ4v) is 3.44. The van der Waals surface area contributed by atoms with Crippen molar-refractivity contribution in [1.29, 1.82) is 0 Å². The molecule has 0 amide bonds. The molecule has 0 atom stereocenters. The summed E-state index contributed by atoms with van der Waals surface area (Å²) in [6.45, 7) is 1.36. The van der Waals surface area contributed by atoms with Crippen molar-refractivity contribution in [2.24, 2.45) is 0 Å². The molecule has 1 spiro atoms. The second-order valence-corrected chi connectivity index (χ2v) is 5.54. The van der Waals surface area contributed by atoms with Crippen LogP contribution in [0.1, 0.15) is 24.0 Å². The van der Waals surface area contributed by atoms with E-state index in [-0.39, 0.29) is 0 Å². The van der Waals surface area contributed by atoms with Crippen molar-refractivity contribution in [1.82, 2.24) is 0 Å². The first-order chi connectivity index (χ1) is 10.4. The van der Waals surface area contributed by atoms with Crippen molar-refractivity contribution in [3.8, 4) is 0 Å². The van der Waals surface area contributed by atoms with Crippen LogP contribution in [0.25, 0.3) is 11.1 Å². The molecule has 0 N–H and O–H groups in total. The van der Waals surface area contributed by atoms with Gasteiger partial charge < -0.3 is 9.47 Å². The summed E-state index contributed by atoms with van der Waals surface area (Å²) in [5, 5.41) is 0. The average Bonchev–Trinajstić information content (AvgIpc) is 3.17. The molecule has 2 aromatic rings. The van der Waals surface area contributed by atoms with Gasteiger partial charge in [-0.1, -0.05) is 60.7 Å². The van der Waals surface area contributed by atoms with Gasteiger partial charge in [0.05, 0.1) is 13.2 Å². The van der Waals surface area contributed by atoms with Crippen LogP contribution in [-0.4, -0.2) is 19.0 Å². The van der Waals surface area contributed by atoms with Gasteiger partial charge in [-0.25, -0.2) is 0 Å². The summed E-state index contributed by atoms with van der Waals surface area (Å²) in [6.07, 6.45) is 1.90. The molecule has 2 aliphatic rings. The van der Waals surface area contributed by atoms with Crippen LogP contribution in [0, 0.1) is 0 Å². The first kappa shape index (κ1) is 12.8. The lowest BCUT2D eigenvalue weighted by atomic mass is 9.94. The van der Waals surface area contributed by atoms with Gasteiger partial charge in [0.25, 0.3) is 0 Å². The largest absolute Gasteiger partial charge is 0.343 e. The maximum atomic E-state index is 6.04. The Hall–Kier alpha value is -1.90. The van der Waals surface area contributed by atoms with Gasteiger partial charge in [-0.2, -0.15) is 0 Å². The first-order valence-corrected chi connectivity index (χ1v) is 7.51. The van der Waals surface area contributed by atoms with E-state index in [0.717, 1.165) is 12.8 Å². The number of ether oxygens (including phenoxy) is 2. The number of benzene rings is 2. The molecule has 0 bridgehead atoms. The minimum Gasteiger partial charge on any atom is -0.343 e. The Labute approximate surface area is 125 Å². The maximum absolute atomic E-state index is 6.04. The van der Waals surface area contributed by atoms with Gasteiger partial charge >= 0.3 is 0 Å². The third-order valence-electron chi connectivity index (χ3n) is 4.33. The minimum atomic E-state index is -0.535. The van der Waals surface area contributed by atoms with E-state index in [2.05, 4.69) is 54.6 Å². The van der Waals surface area contributed by atoms with E-state index in [4.69, 9.17) is 9.47 Å². The van der Waals surface area contributed by atoms with Crippen LogP contribution >= 0.6 is 0 Å². The van der Waals surface area contributed by atoms with Crippen LogP contribution < -0.4 is 0 Å². The molecule has 0 unspecified atom stereocenters. The predicted octanol–water partition coefficient (Wildman–Crippen LogP) is 4.13. The van der Waals surface area contributed by atoms with E-state index in [0.29, 0.717) is 13.2 Å². The Morgan fingerprint density at radius 2 is 1.29 bits per heavy atom. The van der Waals surface area contributed by atoms with Gasteiger partial charge in [-0.15, -0.1) is 0 Å². The van der Waals surface area contributed by atoms with E-state index in [1.54, 1.807) is 0 Å². The van der Waals surface area contributed by atoms with Gasteiger partial charge in [-0.05, 0) is 23.1 Å². The minimum absolute atomic E-state index is 0.535. The third kappa shape index (κ3) is 2.11. The van der Waals surface area contributed by atoms with Crippen molar-refractivity contribution in [2.75, 3.05) is 13.2 Å². The zero-order chi connectivity index (χ0) is 14.1. The molecule has 1 aliphatic heterocycles. The van der Waals surface area contributed by atoms with Crippen molar-refractivity contribution in [3.05, 3.63) is 71.8 Å². The first-order valence-electron chi connectivity index (χ1n) is 7.51. The Bertz CT molecular complexity index is 652. The Morgan fingerprint density at radius 1 is 0.714 bits per heavy atom. The third-order valence-corrected chi connectivity index (χ3v) is 4.33. The summed E-state index contributed by atoms with van der Waals surface area (Å²) in [4.78, 5) is 0. The lowest BCUT2D eigenvalue weighted by molar-refractivity contribution is -0.106. The Morgan fingerprint density at radius 3 is 1.90 bits per heavy atom. The molecule has 2 aromatic carbocycles. The topological polar surface area (TPSA) is 18.5 Å². The van der Waals surface area contributed by atoms with Crippen LogP contribution in [0.15, 0.2) is 60.7 Å². The summed E-state index contributed by atoms with van der Waals surface area (Å²) < 4.78 is 12.1. The zero-order valence-corrected chi connectivity index (χ0v) is 11.9. The van der Waals surface area contributed by atoms with E-state index in [1.165, 1.54) is 22.3 Å². The molecule has 1 fully saturated rings. The molecule has 1 saturated heterocycles. The van der Waals surface area contributed by atoms with Gasteiger partial charge in [-0.3, -0.25) is 0 Å². The lowest BCUT2D eigenvalue weighted by Gasteiger charge is -2.26. The fourth-order valence-electron chi connectivity index (χ4n) is 3.44. The molecule has 0 aromatic heterocycles. The molecule has 2 heteroatoms. The van der Waals surface area contributed by atoms with Crippen LogP contribution in [0.4, 0.5) is 0 Å². The van der Waals surface area contributed by atoms with E-state index < -0.39 is 5.79 Å². The van der Waals surface area contributed by atoms with Crippen molar-refractivity contribution < 1.29 is 9.47 Å². The molecule has 106 valence electrons. The zero-order valence-electron chi connectivity index (χ0n) is 11.9. The highest BCUT2D eigenvalue weighted by Crippen LogP contribution is 2.50. The van der Waals surface area contributed by atoms with Crippen LogP contribution in [0.3, 0.4) is 0 Å². The van der Waals surface area contributed by atoms with E-state index >= 15 is 0 Å². The average molecular weight is 278 g/mol. The molecule has 1 heterocycles. The fraction of sp³-hybridized carbons (Fsp3) is 0.263. The van der Waals surface area contributed by atoms with Gasteiger partial charge in [0.2, 0.25) is 0 Å². The van der Waals surface area contributed by atoms with Crippen molar-refractivity contribution >= 4 is 11.1 Å². The molecule has 0 radical (unpaired) electrons. The maximum Gasteiger partial charge on any atom is 0.196 e. The number of rotatable bonds is 2. The molecule has 2 nitrogen and oxygen atoms in total. The molecular formula is C19H18O2. The summed E-state index contributed by atoms with van der Waals surface area (Å²) in [5.74, 6) is -0.535. The number of hydrogen-bond acceptors (Lipinski definition) is 2. The van der Waals surface area contributed by atoms with Gasteiger partial charge in [0, 0.05) is 12.0 Å². The van der Waals surface area contributed by atoms with Crippen molar-refractivity contribution in [3.63, 3.8) is 0 Å². The Kier molecular flexibility index (Phi) is 3.13. The highest BCUT2D eigenvalue weighted by molar-refractivity contribution is 5.96. The standard InChI is InChI=1S/C19H18O2/c1-3-7-15(8-4-1)17-11-12-19(20-13-14-21-19)18(17)16-9-5-2-6-10-16/h1-10H,11-14H2. The molecule has 21 heavy (non-hydrogen) atoms. The van der Waals surface area contributed by atoms with Crippen molar-refractivity contribution in [2.45, 2.75) is 18.6 Å². The molecule has 4 rings (SSSR count). The van der Waals surface area contributed by atoms with Crippen LogP contribution in [0.5, 0.6) is 0 Å². The Balaban J connectivity index is 1.91. The number of allylic oxidation sites excluding steroid dienone is 1. The lowest BCUT2D eigenvalue weighted by Crippen LogP contribution is -2.28. The second kappa shape index (κ2) is 5.14. The predicted molar refractivity (Wildman–Crippen MR) is 83.6 cm³/mol. The second-order valence-electron chi connectivity index (χ2n) is 5.54. The molecule has 0 saturated carbocycles. The van der Waals surface area contributed by atoms with Crippen LogP contribution in [-0.2, 0) is 9.47 Å². The quantitative estimate of drug-likeness (QED) is 0.822. The number of hydrogen-bond donors (Lipinski definition) is 0. The summed E-state index contributed by atoms with van der Waals surface area (Å²) >= 11 is 0. The van der Waals surface area contributed by atoms with E-state index in [1.807, 2.05) is 6.07 Å². The summed E-state index contributed by atoms with van der Waals surface area (Å²) in [6, 6.07) is 21.1. The van der Waals surface area contributed by atoms with E-state index in [9.17, 15) is 0 Å². The monoisotopic (exact) mass is 278 g/mol. The summed E-state index contributed by atoms with van der Waals surface area (Å²) in [7, 11) is 0. The molecular weight excluding hydrogens is 260 g/mol. The SMILES string of the molecule is c1ccc(C2=C(c3ccccc3)C3(CC2)OCCO3)cc1. The highest BCUT2D eigenvalue weighted by Gasteiger charge is 2.46. The smallest absolute Gasteiger partial charge is 0.196 e. The normalized spacial score (nSPS) is 20.4. The van der Waals surface area contributed by atoms with Gasteiger partial charge in [0.15, 0.2) is 5.79 Å². The summed E-state index contributed by atoms with van der Waals surface area (Å²) in [5.41, 5.74) is 5.04. The highest BCUT2D eigenvalue weighted by atomic mass is 16.7. The van der Waals surface area contributed by atoms with Crippen LogP contribution in [0.2, 0.25) is 0 Å². The van der Waals surface area contributed by atoms with Gasteiger partial charge in [0.1, 0.15) is 0 Å².